The molecule has 0 radical (unpaired) electrons. The summed E-state index contributed by atoms with van der Waals surface area (Å²) in [7, 11) is 2.85. The zero-order valence-corrected chi connectivity index (χ0v) is 19.7. The fourth-order valence-electron chi connectivity index (χ4n) is 3.18. The Bertz CT molecular complexity index is 1220. The van der Waals surface area contributed by atoms with Crippen LogP contribution in [0, 0.1) is 0 Å². The van der Waals surface area contributed by atoms with Gasteiger partial charge in [-0.2, -0.15) is 0 Å². The first kappa shape index (κ1) is 25.1. The Morgan fingerprint density at radius 1 is 1.00 bits per heavy atom. The number of carbonyl (C=O) groups excluding carboxylic acids is 2. The molecule has 0 aliphatic rings. The fraction of sp³-hybridized carbons (Fsp3) is 0.192. The van der Waals surface area contributed by atoms with Crippen LogP contribution in [0.1, 0.15) is 35.0 Å². The molecule has 2 aromatic carbocycles. The van der Waals surface area contributed by atoms with Crippen LogP contribution in [0.2, 0.25) is 0 Å². The fourth-order valence-corrected chi connectivity index (χ4v) is 3.18. The molecule has 0 saturated carbocycles. The van der Waals surface area contributed by atoms with Crippen molar-refractivity contribution in [2.45, 2.75) is 19.9 Å². The molecule has 182 valence electrons. The maximum absolute atomic E-state index is 12.4. The lowest BCUT2D eigenvalue weighted by Gasteiger charge is -2.19. The summed E-state index contributed by atoms with van der Waals surface area (Å²) in [6.07, 6.45) is 1.90. The number of urea groups is 1. The van der Waals surface area contributed by atoms with Gasteiger partial charge in [0.1, 0.15) is 28.7 Å². The number of hydrogen-bond acceptors (Lipinski definition) is 7. The number of methoxy groups -OCH3 is 2. The van der Waals surface area contributed by atoms with Gasteiger partial charge in [-0.25, -0.2) is 4.79 Å². The van der Waals surface area contributed by atoms with Crippen LogP contribution in [0.4, 0.5) is 10.5 Å². The lowest BCUT2D eigenvalue weighted by atomic mass is 10.1. The first-order valence-electron chi connectivity index (χ1n) is 10.8. The third-order valence-corrected chi connectivity index (χ3v) is 5.02. The van der Waals surface area contributed by atoms with Crippen molar-refractivity contribution >= 4 is 23.3 Å². The molecule has 9 heteroatoms. The Hall–Kier alpha value is -4.53. The maximum Gasteiger partial charge on any atom is 0.319 e. The van der Waals surface area contributed by atoms with Crippen molar-refractivity contribution in [3.8, 4) is 23.0 Å². The molecule has 2 amide bonds. The van der Waals surface area contributed by atoms with E-state index in [0.717, 1.165) is 5.56 Å². The Morgan fingerprint density at radius 2 is 1.71 bits per heavy atom. The van der Waals surface area contributed by atoms with Crippen molar-refractivity contribution in [2.75, 3.05) is 19.5 Å². The van der Waals surface area contributed by atoms with Crippen LogP contribution in [0.3, 0.4) is 0 Å². The SMILES string of the molecule is C=C([O-])c1cc(OC)c(NC(=O)NCc2ccc(Oc3ccnc(C(=O)CC)c3)cc2)cc1OC. The number of carbonyl (C=O) groups is 2. The Kier molecular flexibility index (Phi) is 8.29. The number of rotatable bonds is 10. The van der Waals surface area contributed by atoms with Gasteiger partial charge in [-0.1, -0.05) is 19.1 Å². The number of pyridine rings is 1. The number of nitrogens with one attached hydrogen (secondary N) is 2. The molecule has 0 fully saturated rings. The molecule has 0 saturated heterocycles. The largest absolute Gasteiger partial charge is 0.872 e. The van der Waals surface area contributed by atoms with Crippen molar-refractivity contribution in [2.24, 2.45) is 0 Å². The molecular weight excluding hydrogens is 450 g/mol. The predicted molar refractivity (Wildman–Crippen MR) is 130 cm³/mol. The van der Waals surface area contributed by atoms with E-state index in [2.05, 4.69) is 22.2 Å². The van der Waals surface area contributed by atoms with Gasteiger partial charge >= 0.3 is 6.03 Å². The number of amides is 2. The minimum atomic E-state index is -0.468. The second-order valence-electron chi connectivity index (χ2n) is 7.38. The number of aromatic nitrogens is 1. The molecule has 1 aromatic heterocycles. The molecule has 3 aromatic rings. The van der Waals surface area contributed by atoms with Crippen molar-refractivity contribution < 1.29 is 28.9 Å². The van der Waals surface area contributed by atoms with Gasteiger partial charge in [0.25, 0.3) is 0 Å². The molecule has 0 aliphatic heterocycles. The monoisotopic (exact) mass is 476 g/mol. The summed E-state index contributed by atoms with van der Waals surface area (Å²) in [5, 5.41) is 17.1. The molecule has 0 unspecified atom stereocenters. The number of benzene rings is 2. The Labute approximate surface area is 203 Å². The van der Waals surface area contributed by atoms with Crippen molar-refractivity contribution in [3.05, 3.63) is 78.1 Å². The number of hydrogen-bond donors (Lipinski definition) is 2. The van der Waals surface area contributed by atoms with E-state index in [4.69, 9.17) is 14.2 Å². The van der Waals surface area contributed by atoms with Crippen molar-refractivity contribution in [3.63, 3.8) is 0 Å². The summed E-state index contributed by atoms with van der Waals surface area (Å²) >= 11 is 0. The van der Waals surface area contributed by atoms with Crippen molar-refractivity contribution in [1.29, 1.82) is 0 Å². The average Bonchev–Trinajstić information content (AvgIpc) is 2.87. The molecular formula is C26H26N3O6-. The van der Waals surface area contributed by atoms with Gasteiger partial charge in [-0.05, 0) is 29.8 Å². The highest BCUT2D eigenvalue weighted by atomic mass is 16.5. The van der Waals surface area contributed by atoms with Crippen LogP contribution in [0.25, 0.3) is 5.76 Å². The lowest BCUT2D eigenvalue weighted by molar-refractivity contribution is -0.243. The smallest absolute Gasteiger partial charge is 0.319 e. The van der Waals surface area contributed by atoms with Crippen LogP contribution in [0.5, 0.6) is 23.0 Å². The van der Waals surface area contributed by atoms with Crippen LogP contribution in [0.15, 0.2) is 61.3 Å². The molecule has 0 spiro atoms. The van der Waals surface area contributed by atoms with Gasteiger partial charge < -0.3 is 30.0 Å². The molecule has 35 heavy (non-hydrogen) atoms. The number of anilines is 1. The zero-order chi connectivity index (χ0) is 25.4. The van der Waals surface area contributed by atoms with Crippen LogP contribution in [-0.4, -0.2) is 31.0 Å². The topological polar surface area (TPSA) is 122 Å². The van der Waals surface area contributed by atoms with E-state index < -0.39 is 11.8 Å². The van der Waals surface area contributed by atoms with E-state index in [0.29, 0.717) is 35.1 Å². The summed E-state index contributed by atoms with van der Waals surface area (Å²) < 4.78 is 16.3. The highest BCUT2D eigenvalue weighted by molar-refractivity contribution is 5.94. The molecule has 0 aliphatic carbocycles. The number of nitrogens with zero attached hydrogens (tertiary/aromatic N) is 1. The number of Topliss-reactive ketones (excluding diaryl/α,β-unsaturated/α-hetero) is 1. The molecule has 3 rings (SSSR count). The Morgan fingerprint density at radius 3 is 2.34 bits per heavy atom. The summed E-state index contributed by atoms with van der Waals surface area (Å²) in [6.45, 7) is 5.42. The van der Waals surface area contributed by atoms with Gasteiger partial charge in [0, 0.05) is 36.9 Å². The van der Waals surface area contributed by atoms with Crippen LogP contribution < -0.4 is 30.0 Å². The van der Waals surface area contributed by atoms with Gasteiger partial charge in [0.15, 0.2) is 5.78 Å². The van der Waals surface area contributed by atoms with E-state index in [1.54, 1.807) is 31.2 Å². The second kappa shape index (κ2) is 11.6. The first-order chi connectivity index (χ1) is 16.8. The molecule has 0 bridgehead atoms. The second-order valence-corrected chi connectivity index (χ2v) is 7.38. The van der Waals surface area contributed by atoms with Crippen LogP contribution in [-0.2, 0) is 6.54 Å². The number of ether oxygens (including phenoxy) is 3. The summed E-state index contributed by atoms with van der Waals surface area (Å²) in [4.78, 5) is 28.3. The summed E-state index contributed by atoms with van der Waals surface area (Å²) in [5.41, 5.74) is 1.79. The Balaban J connectivity index is 1.60. The lowest BCUT2D eigenvalue weighted by Crippen LogP contribution is -2.28. The van der Waals surface area contributed by atoms with Crippen molar-refractivity contribution in [1.82, 2.24) is 10.3 Å². The van der Waals surface area contributed by atoms with Gasteiger partial charge in [-0.3, -0.25) is 9.78 Å². The summed E-state index contributed by atoms with van der Waals surface area (Å²) in [6, 6.07) is 12.9. The van der Waals surface area contributed by atoms with E-state index >= 15 is 0 Å². The van der Waals surface area contributed by atoms with E-state index in [9.17, 15) is 14.7 Å². The minimum absolute atomic E-state index is 0.0574. The average molecular weight is 477 g/mol. The minimum Gasteiger partial charge on any atom is -0.872 e. The quantitative estimate of drug-likeness (QED) is 0.333. The number of ketones is 1. The summed E-state index contributed by atoms with van der Waals surface area (Å²) in [5.74, 6) is 1.18. The van der Waals surface area contributed by atoms with E-state index in [1.807, 2.05) is 12.1 Å². The molecule has 9 nitrogen and oxygen atoms in total. The first-order valence-corrected chi connectivity index (χ1v) is 10.8. The predicted octanol–water partition coefficient (Wildman–Crippen LogP) is 4.14. The standard InChI is InChI=1S/C26H27N3O6/c1-5-23(31)21-12-19(10-11-27-21)35-18-8-6-17(7-9-18)15-28-26(32)29-22-14-24(33-3)20(16(2)30)13-25(22)34-4/h6-14,30H,2,5,15H2,1,3-4H3,(H2,28,29,32)/p-1. The maximum atomic E-state index is 12.4. The molecule has 1 heterocycles. The highest BCUT2D eigenvalue weighted by Crippen LogP contribution is 2.34. The normalized spacial score (nSPS) is 10.3. The van der Waals surface area contributed by atoms with Gasteiger partial charge in [0.2, 0.25) is 0 Å². The third-order valence-electron chi connectivity index (χ3n) is 5.02. The van der Waals surface area contributed by atoms with Crippen LogP contribution >= 0.6 is 0 Å². The van der Waals surface area contributed by atoms with E-state index in [1.165, 1.54) is 32.5 Å². The zero-order valence-electron chi connectivity index (χ0n) is 19.7. The van der Waals surface area contributed by atoms with Gasteiger partial charge in [0.05, 0.1) is 19.9 Å². The third kappa shape index (κ3) is 6.50. The molecule has 0 atom stereocenters. The molecule has 2 N–H and O–H groups in total. The van der Waals surface area contributed by atoms with E-state index in [-0.39, 0.29) is 23.6 Å². The highest BCUT2D eigenvalue weighted by Gasteiger charge is 2.13. The van der Waals surface area contributed by atoms with Gasteiger partial charge in [-0.15, -0.1) is 12.3 Å².